The molecule has 2 aromatic carbocycles. The molecule has 2 heterocycles. The molecule has 4 rings (SSSR count). The summed E-state index contributed by atoms with van der Waals surface area (Å²) < 4.78 is 66.8. The Morgan fingerprint density at radius 1 is 1.09 bits per heavy atom. The molecule has 4 aromatic rings. The van der Waals surface area contributed by atoms with Crippen LogP contribution in [0.3, 0.4) is 0 Å². The fraction of sp³-hybridized carbons (Fsp3) is 0.167. The van der Waals surface area contributed by atoms with Crippen LogP contribution >= 0.6 is 0 Å². The van der Waals surface area contributed by atoms with Gasteiger partial charge in [0.1, 0.15) is 17.0 Å². The maximum atomic E-state index is 12.8. The summed E-state index contributed by atoms with van der Waals surface area (Å²) in [5, 5.41) is 10.7. The molecule has 0 spiro atoms. The molecule has 0 aliphatic carbocycles. The highest BCUT2D eigenvalue weighted by atomic mass is 32.2. The molecular formula is C24H19F3N4O2S. The molecule has 0 aliphatic rings. The number of nitrogens with one attached hydrogen (secondary N) is 1. The summed E-state index contributed by atoms with van der Waals surface area (Å²) in [5.41, 5.74) is 3.64. The van der Waals surface area contributed by atoms with Crippen molar-refractivity contribution in [1.29, 1.82) is 5.26 Å². The third-order valence-electron chi connectivity index (χ3n) is 5.36. The first kappa shape index (κ1) is 23.5. The van der Waals surface area contributed by atoms with Crippen molar-refractivity contribution in [3.8, 4) is 23.1 Å². The van der Waals surface area contributed by atoms with Crippen LogP contribution in [0, 0.1) is 18.3 Å². The second kappa shape index (κ2) is 8.59. The Kier molecular flexibility index (Phi) is 5.93. The smallest absolute Gasteiger partial charge is 0.307 e. The highest BCUT2D eigenvalue weighted by Gasteiger charge is 2.39. The molecule has 1 N–H and O–H groups in total. The molecule has 0 saturated heterocycles. The van der Waals surface area contributed by atoms with E-state index in [-0.39, 0.29) is 0 Å². The topological polar surface area (TPSA) is 87.8 Å². The van der Waals surface area contributed by atoms with E-state index in [1.165, 1.54) is 12.1 Å². The van der Waals surface area contributed by atoms with E-state index in [1.807, 2.05) is 60.0 Å². The number of rotatable bonds is 5. The summed E-state index contributed by atoms with van der Waals surface area (Å²) >= 11 is 0. The maximum Gasteiger partial charge on any atom is 0.404 e. The first-order valence-electron chi connectivity index (χ1n) is 10.2. The van der Waals surface area contributed by atoms with Crippen LogP contribution < -0.4 is 4.72 Å². The van der Waals surface area contributed by atoms with Crippen LogP contribution in [-0.4, -0.2) is 30.2 Å². The molecule has 0 amide bonds. The molecule has 10 heteroatoms. The lowest BCUT2D eigenvalue weighted by atomic mass is 10.1. The number of aryl methyl sites for hydroxylation is 1. The second-order valence-corrected chi connectivity index (χ2v) is 9.50. The summed E-state index contributed by atoms with van der Waals surface area (Å²) in [7, 11) is -4.45. The zero-order valence-corrected chi connectivity index (χ0v) is 18.9. The number of para-hydroxylation sites is 1. The number of fused-ring (bicyclic) bond motifs is 1. The molecular weight excluding hydrogens is 465 g/mol. The summed E-state index contributed by atoms with van der Waals surface area (Å²) in [6, 6.07) is 17.5. The van der Waals surface area contributed by atoms with Crippen molar-refractivity contribution in [3.63, 3.8) is 0 Å². The van der Waals surface area contributed by atoms with Gasteiger partial charge in [-0.15, -0.1) is 0 Å². The van der Waals surface area contributed by atoms with Crippen molar-refractivity contribution >= 4 is 20.9 Å². The van der Waals surface area contributed by atoms with Crippen molar-refractivity contribution in [3.05, 3.63) is 78.0 Å². The fourth-order valence-corrected chi connectivity index (χ4v) is 4.82. The van der Waals surface area contributed by atoms with E-state index in [4.69, 9.17) is 0 Å². The van der Waals surface area contributed by atoms with Gasteiger partial charge in [-0.1, -0.05) is 30.3 Å². The molecule has 34 heavy (non-hydrogen) atoms. The van der Waals surface area contributed by atoms with E-state index >= 15 is 0 Å². The number of sulfonamides is 1. The average molecular weight is 485 g/mol. The first-order chi connectivity index (χ1) is 16.0. The van der Waals surface area contributed by atoms with Gasteiger partial charge in [0.25, 0.3) is 0 Å². The summed E-state index contributed by atoms with van der Waals surface area (Å²) in [6.07, 6.45) is -3.74. The molecule has 0 saturated carbocycles. The van der Waals surface area contributed by atoms with Crippen LogP contribution in [0.15, 0.2) is 71.8 Å². The SMILES string of the molecule is Cc1ccc2c(C#N)c(-c3ccc(S(=O)(=O)N[C@@H](C)C(F)(F)F)cn3)n(-c3ccccc3)c2c1. The van der Waals surface area contributed by atoms with Gasteiger partial charge >= 0.3 is 6.18 Å². The fourth-order valence-electron chi connectivity index (χ4n) is 3.65. The minimum atomic E-state index is -4.73. The van der Waals surface area contributed by atoms with Gasteiger partial charge < -0.3 is 4.57 Å². The van der Waals surface area contributed by atoms with Gasteiger partial charge in [-0.2, -0.15) is 23.2 Å². The highest BCUT2D eigenvalue weighted by Crippen LogP contribution is 2.36. The van der Waals surface area contributed by atoms with E-state index in [2.05, 4.69) is 11.1 Å². The predicted molar refractivity (Wildman–Crippen MR) is 122 cm³/mol. The lowest BCUT2D eigenvalue weighted by Gasteiger charge is -2.17. The predicted octanol–water partition coefficient (Wildman–Crippen LogP) is 5.10. The van der Waals surface area contributed by atoms with E-state index in [0.29, 0.717) is 22.3 Å². The van der Waals surface area contributed by atoms with Crippen molar-refractivity contribution in [1.82, 2.24) is 14.3 Å². The number of nitrogens with zero attached hydrogens (tertiary/aromatic N) is 3. The Bertz CT molecular complexity index is 1500. The molecule has 0 unspecified atom stereocenters. The van der Waals surface area contributed by atoms with Crippen LogP contribution in [0.25, 0.3) is 28.0 Å². The van der Waals surface area contributed by atoms with Gasteiger partial charge in [0.05, 0.1) is 22.5 Å². The average Bonchev–Trinajstić information content (AvgIpc) is 3.12. The molecule has 0 radical (unpaired) electrons. The summed E-state index contributed by atoms with van der Waals surface area (Å²) in [5.74, 6) is 0. The van der Waals surface area contributed by atoms with Crippen LogP contribution in [0.2, 0.25) is 0 Å². The molecule has 0 bridgehead atoms. The maximum absolute atomic E-state index is 12.8. The van der Waals surface area contributed by atoms with Gasteiger partial charge in [-0.05, 0) is 49.7 Å². The van der Waals surface area contributed by atoms with Crippen molar-refractivity contribution in [2.45, 2.75) is 31.0 Å². The minimum absolute atomic E-state index is 0.303. The second-order valence-electron chi connectivity index (χ2n) is 7.79. The van der Waals surface area contributed by atoms with Crippen LogP contribution in [0.4, 0.5) is 13.2 Å². The largest absolute Gasteiger partial charge is 0.404 e. The normalized spacial score (nSPS) is 13.1. The van der Waals surface area contributed by atoms with E-state index < -0.39 is 27.1 Å². The summed E-state index contributed by atoms with van der Waals surface area (Å²) in [4.78, 5) is 3.81. The van der Waals surface area contributed by atoms with E-state index in [1.54, 1.807) is 4.72 Å². The number of nitriles is 1. The third kappa shape index (κ3) is 4.27. The third-order valence-corrected chi connectivity index (χ3v) is 6.89. The van der Waals surface area contributed by atoms with E-state index in [9.17, 15) is 26.9 Å². The van der Waals surface area contributed by atoms with Gasteiger partial charge in [-0.25, -0.2) is 8.42 Å². The molecule has 1 atom stereocenters. The zero-order chi connectivity index (χ0) is 24.7. The van der Waals surface area contributed by atoms with E-state index in [0.717, 1.165) is 29.9 Å². The Morgan fingerprint density at radius 2 is 1.79 bits per heavy atom. The number of pyridine rings is 1. The van der Waals surface area contributed by atoms with Gasteiger partial charge in [-0.3, -0.25) is 4.98 Å². The number of hydrogen-bond donors (Lipinski definition) is 1. The van der Waals surface area contributed by atoms with Crippen molar-refractivity contribution < 1.29 is 21.6 Å². The highest BCUT2D eigenvalue weighted by molar-refractivity contribution is 7.89. The number of hydrogen-bond acceptors (Lipinski definition) is 4. The van der Waals surface area contributed by atoms with Gasteiger partial charge in [0.15, 0.2) is 0 Å². The zero-order valence-electron chi connectivity index (χ0n) is 18.1. The summed E-state index contributed by atoms with van der Waals surface area (Å²) in [6.45, 7) is 2.65. The minimum Gasteiger partial charge on any atom is -0.307 e. The molecule has 6 nitrogen and oxygen atoms in total. The lowest BCUT2D eigenvalue weighted by Crippen LogP contribution is -2.42. The Labute approximate surface area is 194 Å². The Balaban J connectivity index is 1.87. The van der Waals surface area contributed by atoms with Crippen molar-refractivity contribution in [2.75, 3.05) is 0 Å². The van der Waals surface area contributed by atoms with Gasteiger partial charge in [0, 0.05) is 17.3 Å². The molecule has 174 valence electrons. The molecule has 0 aliphatic heterocycles. The first-order valence-corrected chi connectivity index (χ1v) is 11.7. The monoisotopic (exact) mass is 484 g/mol. The van der Waals surface area contributed by atoms with Gasteiger partial charge in [0.2, 0.25) is 10.0 Å². The van der Waals surface area contributed by atoms with Crippen LogP contribution in [0.5, 0.6) is 0 Å². The molecule has 2 aromatic heterocycles. The Morgan fingerprint density at radius 3 is 2.38 bits per heavy atom. The van der Waals surface area contributed by atoms with Crippen LogP contribution in [-0.2, 0) is 10.0 Å². The van der Waals surface area contributed by atoms with Crippen LogP contribution in [0.1, 0.15) is 18.1 Å². The number of benzene rings is 2. The quantitative estimate of drug-likeness (QED) is 0.427. The molecule has 0 fully saturated rings. The standard InChI is InChI=1S/C24H19F3N4O2S/c1-15-8-10-19-20(13-28)23(31(22(19)12-15)17-6-4-3-5-7-17)21-11-9-18(14-29-21)34(32,33)30-16(2)24(25,26)27/h3-12,14,16,30H,1-2H3/t16-/m0/s1. The van der Waals surface area contributed by atoms with Crippen molar-refractivity contribution in [2.24, 2.45) is 0 Å². The number of halogens is 3. The lowest BCUT2D eigenvalue weighted by molar-refractivity contribution is -0.147. The Hall–Kier alpha value is -3.68. The number of alkyl halides is 3. The number of aromatic nitrogens is 2.